The molecule has 4 heteroatoms. The summed E-state index contributed by atoms with van der Waals surface area (Å²) in [5, 5.41) is 0. The van der Waals surface area contributed by atoms with Crippen LogP contribution in [0.4, 0.5) is 0 Å². The highest BCUT2D eigenvalue weighted by Crippen LogP contribution is 2.65. The molecule has 4 nitrogen and oxygen atoms in total. The lowest BCUT2D eigenvalue weighted by molar-refractivity contribution is -0.166. The summed E-state index contributed by atoms with van der Waals surface area (Å²) in [5.74, 6) is 1.66. The molecule has 0 amide bonds. The number of esters is 1. The molecule has 0 aromatic carbocycles. The maximum absolute atomic E-state index is 13.4. The maximum atomic E-state index is 13.4. The van der Waals surface area contributed by atoms with E-state index in [1.165, 1.54) is 6.92 Å². The molecular weight excluding hydrogens is 340 g/mol. The SMILES string of the molecule is CC(=O)O[C@@H]1CC[C@]2(C)[C@H](CC[C@H]3[C@@H]2C(=O)C[C@@]2(C)C(C(C)=O)=CC[C@@H]32)C1. The Morgan fingerprint density at radius 1 is 1.15 bits per heavy atom. The number of carbonyl (C=O) groups is 3. The van der Waals surface area contributed by atoms with Crippen molar-refractivity contribution >= 4 is 17.5 Å². The van der Waals surface area contributed by atoms with Crippen molar-refractivity contribution < 1.29 is 19.1 Å². The Bertz CT molecular complexity index is 722. The smallest absolute Gasteiger partial charge is 0.302 e. The van der Waals surface area contributed by atoms with E-state index in [-0.39, 0.29) is 34.6 Å². The summed E-state index contributed by atoms with van der Waals surface area (Å²) >= 11 is 0. The fourth-order valence-electron chi connectivity index (χ4n) is 7.50. The molecule has 0 aliphatic heterocycles. The van der Waals surface area contributed by atoms with Gasteiger partial charge in [-0.1, -0.05) is 19.9 Å². The van der Waals surface area contributed by atoms with Crippen LogP contribution in [0.15, 0.2) is 11.6 Å². The van der Waals surface area contributed by atoms with E-state index in [4.69, 9.17) is 4.74 Å². The van der Waals surface area contributed by atoms with Crippen molar-refractivity contribution in [1.82, 2.24) is 0 Å². The summed E-state index contributed by atoms with van der Waals surface area (Å²) in [6, 6.07) is 0. The maximum Gasteiger partial charge on any atom is 0.302 e. The third kappa shape index (κ3) is 2.74. The van der Waals surface area contributed by atoms with E-state index < -0.39 is 0 Å². The number of ketones is 2. The molecule has 3 fully saturated rings. The summed E-state index contributed by atoms with van der Waals surface area (Å²) in [6.07, 6.45) is 8.46. The van der Waals surface area contributed by atoms with Crippen LogP contribution in [0.25, 0.3) is 0 Å². The van der Waals surface area contributed by atoms with Gasteiger partial charge in [-0.3, -0.25) is 14.4 Å². The summed E-state index contributed by atoms with van der Waals surface area (Å²) in [4.78, 5) is 37.0. The van der Waals surface area contributed by atoms with E-state index in [0.717, 1.165) is 44.1 Å². The Kier molecular flexibility index (Phi) is 4.40. The van der Waals surface area contributed by atoms with Crippen LogP contribution >= 0.6 is 0 Å². The van der Waals surface area contributed by atoms with E-state index in [9.17, 15) is 14.4 Å². The number of hydrogen-bond acceptors (Lipinski definition) is 4. The van der Waals surface area contributed by atoms with Gasteiger partial charge in [0.1, 0.15) is 11.9 Å². The summed E-state index contributed by atoms with van der Waals surface area (Å²) < 4.78 is 5.50. The van der Waals surface area contributed by atoms with Crippen LogP contribution in [0.1, 0.15) is 72.6 Å². The van der Waals surface area contributed by atoms with Crippen LogP contribution < -0.4 is 0 Å². The molecule has 3 saturated carbocycles. The minimum atomic E-state index is -0.262. The molecule has 4 rings (SSSR count). The molecule has 0 spiro atoms. The number of fused-ring (bicyclic) bond motifs is 5. The molecule has 4 aliphatic carbocycles. The average molecular weight is 373 g/mol. The van der Waals surface area contributed by atoms with Crippen molar-refractivity contribution in [3.63, 3.8) is 0 Å². The second-order valence-electron chi connectivity index (χ2n) is 10.0. The van der Waals surface area contributed by atoms with Gasteiger partial charge in [-0.05, 0) is 74.2 Å². The molecule has 0 saturated heterocycles. The highest BCUT2D eigenvalue weighted by atomic mass is 16.5. The minimum absolute atomic E-state index is 0.0109. The first-order chi connectivity index (χ1) is 12.7. The lowest BCUT2D eigenvalue weighted by Crippen LogP contribution is -2.57. The molecule has 0 heterocycles. The lowest BCUT2D eigenvalue weighted by atomic mass is 9.44. The Labute approximate surface area is 162 Å². The van der Waals surface area contributed by atoms with E-state index in [1.807, 2.05) is 0 Å². The summed E-state index contributed by atoms with van der Waals surface area (Å²) in [6.45, 7) is 7.59. The quantitative estimate of drug-likeness (QED) is 0.679. The second kappa shape index (κ2) is 6.28. The molecular formula is C23H32O4. The molecule has 0 aromatic heterocycles. The topological polar surface area (TPSA) is 60.4 Å². The highest BCUT2D eigenvalue weighted by molar-refractivity contribution is 5.97. The molecule has 0 bridgehead atoms. The molecule has 0 N–H and O–H groups in total. The molecule has 0 aromatic rings. The van der Waals surface area contributed by atoms with Crippen LogP contribution in [-0.4, -0.2) is 23.6 Å². The van der Waals surface area contributed by atoms with E-state index in [0.29, 0.717) is 30.0 Å². The van der Waals surface area contributed by atoms with Gasteiger partial charge in [-0.25, -0.2) is 0 Å². The van der Waals surface area contributed by atoms with Crippen molar-refractivity contribution in [1.29, 1.82) is 0 Å². The third-order valence-corrected chi connectivity index (χ3v) is 8.60. The van der Waals surface area contributed by atoms with Crippen LogP contribution in [0.3, 0.4) is 0 Å². The van der Waals surface area contributed by atoms with Gasteiger partial charge in [0.2, 0.25) is 0 Å². The molecule has 0 radical (unpaired) electrons. The normalized spacial score (nSPS) is 46.0. The number of Topliss-reactive ketones (excluding diaryl/α,β-unsaturated/α-hetero) is 2. The largest absolute Gasteiger partial charge is 0.463 e. The van der Waals surface area contributed by atoms with Crippen LogP contribution in [0, 0.1) is 34.5 Å². The van der Waals surface area contributed by atoms with Crippen molar-refractivity contribution in [2.45, 2.75) is 78.7 Å². The molecule has 7 atom stereocenters. The monoisotopic (exact) mass is 372 g/mol. The first-order valence-electron chi connectivity index (χ1n) is 10.6. The lowest BCUT2D eigenvalue weighted by Gasteiger charge is -2.59. The fourth-order valence-corrected chi connectivity index (χ4v) is 7.50. The Balaban J connectivity index is 1.60. The number of ether oxygens (including phenoxy) is 1. The van der Waals surface area contributed by atoms with Gasteiger partial charge < -0.3 is 4.74 Å². The molecule has 148 valence electrons. The Morgan fingerprint density at radius 3 is 2.56 bits per heavy atom. The highest BCUT2D eigenvalue weighted by Gasteiger charge is 2.62. The van der Waals surface area contributed by atoms with Gasteiger partial charge in [0.05, 0.1) is 0 Å². The zero-order chi connectivity index (χ0) is 19.6. The zero-order valence-corrected chi connectivity index (χ0v) is 17.0. The fraction of sp³-hybridized carbons (Fsp3) is 0.783. The first kappa shape index (κ1) is 18.9. The van der Waals surface area contributed by atoms with Gasteiger partial charge in [-0.2, -0.15) is 0 Å². The zero-order valence-electron chi connectivity index (χ0n) is 17.0. The minimum Gasteiger partial charge on any atom is -0.463 e. The summed E-state index contributed by atoms with van der Waals surface area (Å²) in [7, 11) is 0. The predicted molar refractivity (Wildman–Crippen MR) is 102 cm³/mol. The molecule has 27 heavy (non-hydrogen) atoms. The second-order valence-corrected chi connectivity index (χ2v) is 10.0. The van der Waals surface area contributed by atoms with Crippen LogP contribution in [0.2, 0.25) is 0 Å². The van der Waals surface area contributed by atoms with Gasteiger partial charge >= 0.3 is 5.97 Å². The van der Waals surface area contributed by atoms with Gasteiger partial charge in [0.25, 0.3) is 0 Å². The van der Waals surface area contributed by atoms with Gasteiger partial charge in [-0.15, -0.1) is 0 Å². The number of hydrogen-bond donors (Lipinski definition) is 0. The van der Waals surface area contributed by atoms with Crippen LogP contribution in [0.5, 0.6) is 0 Å². The van der Waals surface area contributed by atoms with Crippen molar-refractivity contribution in [2.24, 2.45) is 34.5 Å². The number of allylic oxidation sites excluding steroid dienone is 2. The van der Waals surface area contributed by atoms with E-state index >= 15 is 0 Å². The van der Waals surface area contributed by atoms with E-state index in [2.05, 4.69) is 19.9 Å². The average Bonchev–Trinajstić information content (AvgIpc) is 2.91. The van der Waals surface area contributed by atoms with Crippen molar-refractivity contribution in [2.75, 3.05) is 0 Å². The Hall–Kier alpha value is -1.45. The van der Waals surface area contributed by atoms with Gasteiger partial charge in [0, 0.05) is 24.7 Å². The first-order valence-corrected chi connectivity index (χ1v) is 10.6. The van der Waals surface area contributed by atoms with E-state index in [1.54, 1.807) is 6.92 Å². The van der Waals surface area contributed by atoms with Crippen LogP contribution in [-0.2, 0) is 19.1 Å². The Morgan fingerprint density at radius 2 is 1.89 bits per heavy atom. The molecule has 0 unspecified atom stereocenters. The number of rotatable bonds is 2. The summed E-state index contributed by atoms with van der Waals surface area (Å²) in [5.41, 5.74) is 0.643. The number of carbonyl (C=O) groups excluding carboxylic acids is 3. The van der Waals surface area contributed by atoms with Gasteiger partial charge in [0.15, 0.2) is 5.78 Å². The third-order valence-electron chi connectivity index (χ3n) is 8.60. The standard InChI is InChI=1S/C23H32O4/c1-13(24)18-7-8-19-17-6-5-15-11-16(27-14(2)25)9-10-22(15,3)21(17)20(26)12-23(18,19)4/h7,15-17,19,21H,5-6,8-12H2,1-4H3/t15-,16-,17-,19+,21-,22-,23+/m1/s1. The predicted octanol–water partition coefficient (Wildman–Crippen LogP) is 4.27. The van der Waals surface area contributed by atoms with Crippen molar-refractivity contribution in [3.05, 3.63) is 11.6 Å². The van der Waals surface area contributed by atoms with Crippen molar-refractivity contribution in [3.8, 4) is 0 Å². The molecule has 4 aliphatic rings.